The number of nitrogens with zero attached hydrogens (tertiary/aromatic N) is 3. The molecule has 2 aromatic heterocycles. The molecule has 1 N–H and O–H groups in total. The van der Waals surface area contributed by atoms with Crippen LogP contribution < -0.4 is 4.90 Å². The van der Waals surface area contributed by atoms with Crippen molar-refractivity contribution in [3.8, 4) is 0 Å². The minimum Gasteiger partial charge on any atom is -0.356 e. The lowest BCUT2D eigenvalue weighted by molar-refractivity contribution is 0.683. The van der Waals surface area contributed by atoms with Crippen LogP contribution in [0.3, 0.4) is 0 Å². The third-order valence-corrected chi connectivity index (χ3v) is 3.52. The largest absolute Gasteiger partial charge is 0.356 e. The number of aromatic amines is 1. The topological polar surface area (TPSA) is 44.8 Å². The van der Waals surface area contributed by atoms with Gasteiger partial charge in [-0.25, -0.2) is 9.97 Å². The average molecular weight is 230 g/mol. The second-order valence-corrected chi connectivity index (χ2v) is 4.75. The molecule has 0 amide bonds. The molecule has 2 aromatic rings. The van der Waals surface area contributed by atoms with Gasteiger partial charge in [-0.1, -0.05) is 12.8 Å². The SMILES string of the molecule is CCN(CCC1CC1)c1ncnc2[nH]ccc12. The van der Waals surface area contributed by atoms with Crippen molar-refractivity contribution in [2.75, 3.05) is 18.0 Å². The van der Waals surface area contributed by atoms with Crippen LogP contribution in [0.4, 0.5) is 5.82 Å². The normalized spacial score (nSPS) is 15.4. The van der Waals surface area contributed by atoms with Crippen molar-refractivity contribution in [1.82, 2.24) is 15.0 Å². The molecule has 2 heterocycles. The highest BCUT2D eigenvalue weighted by atomic mass is 15.2. The molecule has 4 nitrogen and oxygen atoms in total. The molecule has 1 saturated carbocycles. The molecular weight excluding hydrogens is 212 g/mol. The zero-order valence-electron chi connectivity index (χ0n) is 10.2. The molecule has 4 heteroatoms. The van der Waals surface area contributed by atoms with E-state index in [-0.39, 0.29) is 0 Å². The summed E-state index contributed by atoms with van der Waals surface area (Å²) in [6, 6.07) is 2.06. The van der Waals surface area contributed by atoms with E-state index < -0.39 is 0 Å². The van der Waals surface area contributed by atoms with E-state index in [1.165, 1.54) is 19.3 Å². The van der Waals surface area contributed by atoms with Gasteiger partial charge in [0.05, 0.1) is 5.39 Å². The highest BCUT2D eigenvalue weighted by Crippen LogP contribution is 2.33. The Balaban J connectivity index is 1.85. The van der Waals surface area contributed by atoms with E-state index in [1.54, 1.807) is 6.33 Å². The molecule has 0 atom stereocenters. The predicted octanol–water partition coefficient (Wildman–Crippen LogP) is 2.58. The van der Waals surface area contributed by atoms with E-state index in [0.717, 1.165) is 35.9 Å². The van der Waals surface area contributed by atoms with E-state index in [4.69, 9.17) is 0 Å². The van der Waals surface area contributed by atoms with Gasteiger partial charge in [-0.2, -0.15) is 0 Å². The lowest BCUT2D eigenvalue weighted by Crippen LogP contribution is -2.25. The van der Waals surface area contributed by atoms with Crippen molar-refractivity contribution in [2.24, 2.45) is 5.92 Å². The highest BCUT2D eigenvalue weighted by Gasteiger charge is 2.22. The van der Waals surface area contributed by atoms with Gasteiger partial charge in [-0.05, 0) is 25.3 Å². The van der Waals surface area contributed by atoms with Crippen molar-refractivity contribution < 1.29 is 0 Å². The van der Waals surface area contributed by atoms with Crippen molar-refractivity contribution in [3.05, 3.63) is 18.6 Å². The summed E-state index contributed by atoms with van der Waals surface area (Å²) < 4.78 is 0. The Morgan fingerprint density at radius 3 is 3.06 bits per heavy atom. The molecular formula is C13H18N4. The maximum atomic E-state index is 4.44. The number of nitrogens with one attached hydrogen (secondary N) is 1. The molecule has 0 bridgehead atoms. The van der Waals surface area contributed by atoms with E-state index in [0.29, 0.717) is 0 Å². The molecule has 3 rings (SSSR count). The first-order valence-corrected chi connectivity index (χ1v) is 6.41. The van der Waals surface area contributed by atoms with Crippen LogP contribution >= 0.6 is 0 Å². The van der Waals surface area contributed by atoms with Crippen molar-refractivity contribution in [3.63, 3.8) is 0 Å². The molecule has 1 fully saturated rings. The maximum absolute atomic E-state index is 4.44. The summed E-state index contributed by atoms with van der Waals surface area (Å²) in [6.45, 7) is 4.30. The van der Waals surface area contributed by atoms with Crippen LogP contribution in [0.5, 0.6) is 0 Å². The Labute approximate surface area is 101 Å². The van der Waals surface area contributed by atoms with Crippen LogP contribution in [0.1, 0.15) is 26.2 Å². The third kappa shape index (κ3) is 2.12. The zero-order valence-corrected chi connectivity index (χ0v) is 10.2. The molecule has 1 aliphatic rings. The lowest BCUT2D eigenvalue weighted by atomic mass is 10.2. The quantitative estimate of drug-likeness (QED) is 0.858. The summed E-state index contributed by atoms with van der Waals surface area (Å²) in [4.78, 5) is 14.2. The third-order valence-electron chi connectivity index (χ3n) is 3.52. The summed E-state index contributed by atoms with van der Waals surface area (Å²) in [7, 11) is 0. The number of hydrogen-bond donors (Lipinski definition) is 1. The molecule has 90 valence electrons. The average Bonchev–Trinajstić information content (AvgIpc) is 3.05. The summed E-state index contributed by atoms with van der Waals surface area (Å²) in [5, 5.41) is 1.13. The molecule has 0 unspecified atom stereocenters. The van der Waals surface area contributed by atoms with Gasteiger partial charge >= 0.3 is 0 Å². The van der Waals surface area contributed by atoms with E-state index in [1.807, 2.05) is 6.20 Å². The molecule has 0 radical (unpaired) electrons. The van der Waals surface area contributed by atoms with Crippen molar-refractivity contribution >= 4 is 16.9 Å². The number of aromatic nitrogens is 3. The van der Waals surface area contributed by atoms with Gasteiger partial charge in [0.15, 0.2) is 0 Å². The number of hydrogen-bond acceptors (Lipinski definition) is 3. The van der Waals surface area contributed by atoms with Crippen molar-refractivity contribution in [1.29, 1.82) is 0 Å². The molecule has 0 spiro atoms. The number of H-pyrrole nitrogens is 1. The minimum absolute atomic E-state index is 0.930. The number of fused-ring (bicyclic) bond motifs is 1. The highest BCUT2D eigenvalue weighted by molar-refractivity contribution is 5.87. The van der Waals surface area contributed by atoms with Crippen LogP contribution in [0, 0.1) is 5.92 Å². The molecule has 17 heavy (non-hydrogen) atoms. The second kappa shape index (κ2) is 4.35. The smallest absolute Gasteiger partial charge is 0.142 e. The standard InChI is InChI=1S/C13H18N4/c1-2-17(8-6-10-3-4-10)13-11-5-7-14-12(11)15-9-16-13/h5,7,9-10H,2-4,6,8H2,1H3,(H,14,15,16). The van der Waals surface area contributed by atoms with Crippen LogP contribution in [0.15, 0.2) is 18.6 Å². The summed E-state index contributed by atoms with van der Waals surface area (Å²) in [6.07, 6.45) is 7.71. The van der Waals surface area contributed by atoms with Crippen LogP contribution in [-0.4, -0.2) is 28.0 Å². The van der Waals surface area contributed by atoms with Crippen LogP contribution in [0.25, 0.3) is 11.0 Å². The fraction of sp³-hybridized carbons (Fsp3) is 0.538. The Morgan fingerprint density at radius 2 is 2.29 bits per heavy atom. The van der Waals surface area contributed by atoms with Gasteiger partial charge < -0.3 is 9.88 Å². The molecule has 0 aromatic carbocycles. The predicted molar refractivity (Wildman–Crippen MR) is 69.1 cm³/mol. The second-order valence-electron chi connectivity index (χ2n) is 4.75. The zero-order chi connectivity index (χ0) is 11.7. The first-order valence-electron chi connectivity index (χ1n) is 6.41. The van der Waals surface area contributed by atoms with Gasteiger partial charge in [0.2, 0.25) is 0 Å². The Bertz CT molecular complexity index is 501. The van der Waals surface area contributed by atoms with Crippen LogP contribution in [0.2, 0.25) is 0 Å². The van der Waals surface area contributed by atoms with Gasteiger partial charge in [0.1, 0.15) is 17.8 Å². The maximum Gasteiger partial charge on any atom is 0.142 e. The van der Waals surface area contributed by atoms with Crippen molar-refractivity contribution in [2.45, 2.75) is 26.2 Å². The fourth-order valence-electron chi connectivity index (χ4n) is 2.27. The molecule has 1 aliphatic carbocycles. The first kappa shape index (κ1) is 10.6. The minimum atomic E-state index is 0.930. The summed E-state index contributed by atoms with van der Waals surface area (Å²) >= 11 is 0. The van der Waals surface area contributed by atoms with Gasteiger partial charge in [-0.3, -0.25) is 0 Å². The van der Waals surface area contributed by atoms with Gasteiger partial charge in [0, 0.05) is 19.3 Å². The monoisotopic (exact) mass is 230 g/mol. The van der Waals surface area contributed by atoms with E-state index in [2.05, 4.69) is 32.8 Å². The molecule has 0 aliphatic heterocycles. The first-order chi connectivity index (χ1) is 8.38. The van der Waals surface area contributed by atoms with E-state index >= 15 is 0 Å². The Hall–Kier alpha value is -1.58. The van der Waals surface area contributed by atoms with Gasteiger partial charge in [-0.15, -0.1) is 0 Å². The Morgan fingerprint density at radius 1 is 1.41 bits per heavy atom. The van der Waals surface area contributed by atoms with Gasteiger partial charge in [0.25, 0.3) is 0 Å². The fourth-order valence-corrected chi connectivity index (χ4v) is 2.27. The van der Waals surface area contributed by atoms with E-state index in [9.17, 15) is 0 Å². The lowest BCUT2D eigenvalue weighted by Gasteiger charge is -2.22. The summed E-state index contributed by atoms with van der Waals surface area (Å²) in [5.74, 6) is 2.03. The Kier molecular flexibility index (Phi) is 2.71. The summed E-state index contributed by atoms with van der Waals surface area (Å²) in [5.41, 5.74) is 0.930. The number of rotatable bonds is 5. The van der Waals surface area contributed by atoms with Crippen LogP contribution in [-0.2, 0) is 0 Å². The molecule has 0 saturated heterocycles. The number of anilines is 1.